The van der Waals surface area contributed by atoms with Crippen molar-refractivity contribution in [3.63, 3.8) is 0 Å². The number of fused-ring (bicyclic) bond motifs is 1. The van der Waals surface area contributed by atoms with Crippen LogP contribution in [0.1, 0.15) is 45.1 Å². The van der Waals surface area contributed by atoms with Crippen LogP contribution in [0.2, 0.25) is 0 Å². The third kappa shape index (κ3) is 4.01. The van der Waals surface area contributed by atoms with Crippen molar-refractivity contribution in [1.29, 1.82) is 0 Å². The number of hydrogen-bond acceptors (Lipinski definition) is 8. The molecule has 0 bridgehead atoms. The molecule has 1 fully saturated rings. The highest BCUT2D eigenvalue weighted by Crippen LogP contribution is 2.29. The number of aryl methyl sites for hydroxylation is 1. The van der Waals surface area contributed by atoms with Crippen molar-refractivity contribution in [2.45, 2.75) is 51.8 Å². The van der Waals surface area contributed by atoms with E-state index in [0.29, 0.717) is 60.2 Å². The van der Waals surface area contributed by atoms with Crippen molar-refractivity contribution >= 4 is 22.6 Å². The number of nitrogens with two attached hydrogens (primary N) is 1. The molecule has 0 aromatic carbocycles. The molecule has 9 heteroatoms. The largest absolute Gasteiger partial charge is 0.488 e. The van der Waals surface area contributed by atoms with Crippen molar-refractivity contribution < 1.29 is 9.84 Å². The number of imidazole rings is 1. The number of rotatable bonds is 5. The van der Waals surface area contributed by atoms with Gasteiger partial charge < -0.3 is 25.5 Å². The van der Waals surface area contributed by atoms with E-state index in [-0.39, 0.29) is 0 Å². The first-order valence-electron chi connectivity index (χ1n) is 10.2. The van der Waals surface area contributed by atoms with E-state index in [4.69, 9.17) is 15.5 Å². The van der Waals surface area contributed by atoms with Gasteiger partial charge in [-0.1, -0.05) is 5.92 Å². The Balaban J connectivity index is 1.84. The molecule has 0 spiro atoms. The minimum atomic E-state index is -1.14. The summed E-state index contributed by atoms with van der Waals surface area (Å²) in [6.07, 6.45) is 3.92. The topological polar surface area (TPSA) is 123 Å². The summed E-state index contributed by atoms with van der Waals surface area (Å²) in [6.45, 7) is 7.79. The molecule has 0 amide bonds. The fourth-order valence-electron chi connectivity index (χ4n) is 3.62. The quantitative estimate of drug-likeness (QED) is 0.629. The van der Waals surface area contributed by atoms with Crippen LogP contribution in [0.15, 0.2) is 16.2 Å². The van der Waals surface area contributed by atoms with Crippen LogP contribution in [-0.4, -0.2) is 62.7 Å². The minimum Gasteiger partial charge on any atom is -0.488 e. The maximum atomic E-state index is 10.0. The molecule has 2 aliphatic heterocycles. The molecule has 4 N–H and O–H groups in total. The average Bonchev–Trinajstić information content (AvgIpc) is 3.43. The number of pyridine rings is 1. The van der Waals surface area contributed by atoms with Crippen molar-refractivity contribution in [3.8, 4) is 17.6 Å². The zero-order chi connectivity index (χ0) is 21.3. The second-order valence-corrected chi connectivity index (χ2v) is 7.95. The molecular formula is C21H27N7O2. The molecule has 2 aromatic rings. The van der Waals surface area contributed by atoms with E-state index in [1.807, 2.05) is 11.5 Å². The predicted octanol–water partition coefficient (Wildman–Crippen LogP) is 0.822. The highest BCUT2D eigenvalue weighted by Gasteiger charge is 2.25. The number of nitrogens with one attached hydrogen (secondary N) is 1. The summed E-state index contributed by atoms with van der Waals surface area (Å²) in [7, 11) is 0. The van der Waals surface area contributed by atoms with Gasteiger partial charge >= 0.3 is 0 Å². The number of ether oxygens (including phenoxy) is 1. The Labute approximate surface area is 175 Å². The summed E-state index contributed by atoms with van der Waals surface area (Å²) in [5.74, 6) is 7.41. The number of hydrogen-bond donors (Lipinski definition) is 3. The fourth-order valence-corrected chi connectivity index (χ4v) is 3.62. The Hall–Kier alpha value is -2.96. The van der Waals surface area contributed by atoms with Gasteiger partial charge in [0.15, 0.2) is 11.6 Å². The van der Waals surface area contributed by atoms with Crippen molar-refractivity contribution in [3.05, 3.63) is 17.7 Å². The van der Waals surface area contributed by atoms with Crippen LogP contribution in [0, 0.1) is 11.8 Å². The van der Waals surface area contributed by atoms with Crippen molar-refractivity contribution in [2.24, 2.45) is 15.7 Å². The lowest BCUT2D eigenvalue weighted by atomic mass is 10.1. The highest BCUT2D eigenvalue weighted by molar-refractivity contribution is 6.47. The molecule has 0 unspecified atom stereocenters. The summed E-state index contributed by atoms with van der Waals surface area (Å²) in [5, 5.41) is 13.5. The van der Waals surface area contributed by atoms with Crippen LogP contribution in [0.5, 0.6) is 5.75 Å². The molecule has 4 rings (SSSR count). The lowest BCUT2D eigenvalue weighted by Crippen LogP contribution is -2.28. The molecule has 0 radical (unpaired) electrons. The monoisotopic (exact) mass is 409 g/mol. The Morgan fingerprint density at radius 1 is 1.40 bits per heavy atom. The van der Waals surface area contributed by atoms with Crippen molar-refractivity contribution in [1.82, 2.24) is 19.9 Å². The van der Waals surface area contributed by atoms with E-state index in [1.165, 1.54) is 0 Å². The maximum Gasteiger partial charge on any atom is 0.163 e. The number of amidine groups is 1. The zero-order valence-corrected chi connectivity index (χ0v) is 17.6. The van der Waals surface area contributed by atoms with Crippen LogP contribution in [-0.2, 0) is 6.54 Å². The van der Waals surface area contributed by atoms with E-state index in [0.717, 1.165) is 24.9 Å². The van der Waals surface area contributed by atoms with Crippen LogP contribution in [0.4, 0.5) is 0 Å². The standard InChI is InChI=1S/C21H27N7O2/c1-4-28-18-15(30-11-13-6-5-9-23-13)10-24-14(7-8-21(2,3)29)16(18)27-20(28)17-19(22)26-12-25-17/h10,13,23,29H,4-6,9,11-12H2,1-3H3,(H2,22,26)/t13-/m0/s1. The van der Waals surface area contributed by atoms with Gasteiger partial charge in [0.05, 0.1) is 6.20 Å². The van der Waals surface area contributed by atoms with Gasteiger partial charge in [0.1, 0.15) is 47.2 Å². The smallest absolute Gasteiger partial charge is 0.163 e. The summed E-state index contributed by atoms with van der Waals surface area (Å²) in [5.41, 5.74) is 7.34. The lowest BCUT2D eigenvalue weighted by molar-refractivity contribution is 0.143. The average molecular weight is 409 g/mol. The third-order valence-electron chi connectivity index (χ3n) is 5.07. The third-order valence-corrected chi connectivity index (χ3v) is 5.07. The number of aromatic nitrogens is 3. The summed E-state index contributed by atoms with van der Waals surface area (Å²) in [6, 6.07) is 0.328. The van der Waals surface area contributed by atoms with Crippen LogP contribution in [0.25, 0.3) is 11.0 Å². The number of aliphatic imine (C=N–C) groups is 2. The molecule has 4 heterocycles. The van der Waals surface area contributed by atoms with Gasteiger partial charge in [-0.15, -0.1) is 0 Å². The van der Waals surface area contributed by atoms with Gasteiger partial charge in [0.25, 0.3) is 0 Å². The van der Waals surface area contributed by atoms with E-state index in [1.54, 1.807) is 20.0 Å². The lowest BCUT2D eigenvalue weighted by Gasteiger charge is -2.14. The molecule has 9 nitrogen and oxygen atoms in total. The number of nitrogens with zero attached hydrogens (tertiary/aromatic N) is 5. The van der Waals surface area contributed by atoms with E-state index in [2.05, 4.69) is 32.1 Å². The predicted molar refractivity (Wildman–Crippen MR) is 116 cm³/mol. The van der Waals surface area contributed by atoms with Crippen LogP contribution in [0.3, 0.4) is 0 Å². The molecule has 1 atom stereocenters. The summed E-state index contributed by atoms with van der Waals surface area (Å²) in [4.78, 5) is 17.8. The Morgan fingerprint density at radius 2 is 2.23 bits per heavy atom. The normalized spacial score (nSPS) is 18.9. The second kappa shape index (κ2) is 8.05. The van der Waals surface area contributed by atoms with E-state index < -0.39 is 5.60 Å². The Kier molecular flexibility index (Phi) is 5.45. The van der Waals surface area contributed by atoms with Crippen molar-refractivity contribution in [2.75, 3.05) is 19.8 Å². The van der Waals surface area contributed by atoms with Gasteiger partial charge in [0, 0.05) is 12.6 Å². The molecule has 30 heavy (non-hydrogen) atoms. The fraction of sp³-hybridized carbons (Fsp3) is 0.524. The first-order valence-corrected chi connectivity index (χ1v) is 10.2. The maximum absolute atomic E-state index is 10.0. The van der Waals surface area contributed by atoms with Gasteiger partial charge in [-0.2, -0.15) is 0 Å². The molecule has 2 aliphatic rings. The molecule has 0 saturated carbocycles. The number of aliphatic hydroxyl groups is 1. The minimum absolute atomic E-state index is 0.300. The first-order chi connectivity index (χ1) is 14.4. The highest BCUT2D eigenvalue weighted by atomic mass is 16.5. The zero-order valence-electron chi connectivity index (χ0n) is 17.6. The van der Waals surface area contributed by atoms with Crippen LogP contribution < -0.4 is 15.8 Å². The molecule has 158 valence electrons. The van der Waals surface area contributed by atoms with Gasteiger partial charge in [0.2, 0.25) is 0 Å². The Bertz CT molecular complexity index is 1080. The first kappa shape index (κ1) is 20.3. The van der Waals surface area contributed by atoms with Gasteiger partial charge in [-0.05, 0) is 46.1 Å². The molecular weight excluding hydrogens is 382 g/mol. The van der Waals surface area contributed by atoms with E-state index in [9.17, 15) is 5.11 Å². The van der Waals surface area contributed by atoms with E-state index >= 15 is 0 Å². The molecule has 0 aliphatic carbocycles. The SMILES string of the molecule is CCn1c(C2=NCN=C2N)nc2c(C#CC(C)(C)O)ncc(OC[C@@H]3CCCN3)c21. The van der Waals surface area contributed by atoms with Gasteiger partial charge in [-0.25, -0.2) is 15.0 Å². The molecule has 2 aromatic heterocycles. The summed E-state index contributed by atoms with van der Waals surface area (Å²) < 4.78 is 8.17. The second-order valence-electron chi connectivity index (χ2n) is 7.95. The Morgan fingerprint density at radius 3 is 2.87 bits per heavy atom. The summed E-state index contributed by atoms with van der Waals surface area (Å²) >= 11 is 0. The van der Waals surface area contributed by atoms with Gasteiger partial charge in [-0.3, -0.25) is 4.99 Å². The molecule has 1 saturated heterocycles. The van der Waals surface area contributed by atoms with Crippen LogP contribution >= 0.6 is 0 Å².